The highest BCUT2D eigenvalue weighted by Gasteiger charge is 2.17. The average molecular weight is 290 g/mol. The fraction of sp³-hybridized carbons (Fsp3) is 0. The van der Waals surface area contributed by atoms with Crippen molar-refractivity contribution in [3.63, 3.8) is 0 Å². The summed E-state index contributed by atoms with van der Waals surface area (Å²) in [6, 6.07) is 11.2. The zero-order valence-corrected chi connectivity index (χ0v) is 10.6. The van der Waals surface area contributed by atoms with Crippen molar-refractivity contribution in [2.45, 2.75) is 0 Å². The molecule has 2 aromatic carbocycles. The number of carbonyl (C=O) groups is 2. The highest BCUT2D eigenvalue weighted by molar-refractivity contribution is 5.92. The van der Waals surface area contributed by atoms with Crippen LogP contribution in [0.25, 0.3) is 0 Å². The van der Waals surface area contributed by atoms with Gasteiger partial charge in [0.05, 0.1) is 0 Å². The van der Waals surface area contributed by atoms with Crippen molar-refractivity contribution in [2.24, 2.45) is 0 Å². The minimum absolute atomic E-state index is 0.156. The number of aromatic hydroxyl groups is 2. The van der Waals surface area contributed by atoms with Gasteiger partial charge in [-0.25, -0.2) is 9.59 Å². The van der Waals surface area contributed by atoms with Gasteiger partial charge in [0.2, 0.25) is 0 Å². The quantitative estimate of drug-likeness (QED) is 0.655. The van der Waals surface area contributed by atoms with Crippen molar-refractivity contribution in [2.75, 3.05) is 0 Å². The van der Waals surface area contributed by atoms with Gasteiger partial charge in [0, 0.05) is 5.04 Å². The summed E-state index contributed by atoms with van der Waals surface area (Å²) in [6.45, 7) is 0. The van der Waals surface area contributed by atoms with E-state index in [1.165, 1.54) is 48.5 Å². The number of para-hydroxylation sites is 2. The van der Waals surface area contributed by atoms with E-state index < -0.39 is 11.9 Å². The van der Waals surface area contributed by atoms with Crippen LogP contribution in [-0.4, -0.2) is 22.2 Å². The van der Waals surface area contributed by atoms with E-state index in [4.69, 9.17) is 0 Å². The van der Waals surface area contributed by atoms with Gasteiger partial charge < -0.3 is 10.2 Å². The van der Waals surface area contributed by atoms with Gasteiger partial charge in [0.15, 0.2) is 0 Å². The number of benzene rings is 2. The zero-order chi connectivity index (χ0) is 15.2. The summed E-state index contributed by atoms with van der Waals surface area (Å²) in [7, 11) is 0. The number of hydrogen-bond donors (Lipinski definition) is 2. The van der Waals surface area contributed by atoms with Crippen molar-refractivity contribution in [1.82, 2.24) is 0 Å². The molecule has 0 spiro atoms. The standard InChI is InChI=1S/C14H10O7/c15-11-7-3-1-5-9(11)13(17)19-21-20-14(18)10-6-2-4-8-12(10)16/h1-8,15-16H. The van der Waals surface area contributed by atoms with Crippen molar-refractivity contribution in [1.29, 1.82) is 0 Å². The molecule has 108 valence electrons. The number of carbonyl (C=O) groups excluding carboxylic acids is 2. The van der Waals surface area contributed by atoms with E-state index >= 15 is 0 Å². The predicted molar refractivity (Wildman–Crippen MR) is 68.1 cm³/mol. The fourth-order valence-corrected chi connectivity index (χ4v) is 1.46. The van der Waals surface area contributed by atoms with Crippen molar-refractivity contribution in [3.05, 3.63) is 59.7 Å². The lowest BCUT2D eigenvalue weighted by atomic mass is 10.2. The van der Waals surface area contributed by atoms with Crippen molar-refractivity contribution < 1.29 is 34.6 Å². The van der Waals surface area contributed by atoms with Gasteiger partial charge in [0.1, 0.15) is 22.6 Å². The molecule has 0 amide bonds. The van der Waals surface area contributed by atoms with Crippen LogP contribution < -0.4 is 0 Å². The Morgan fingerprint density at radius 3 is 1.48 bits per heavy atom. The van der Waals surface area contributed by atoms with Crippen LogP contribution in [0.1, 0.15) is 20.7 Å². The lowest BCUT2D eigenvalue weighted by molar-refractivity contribution is -0.446. The maximum atomic E-state index is 11.5. The maximum absolute atomic E-state index is 11.5. The summed E-state index contributed by atoms with van der Waals surface area (Å²) in [6.07, 6.45) is 0. The van der Waals surface area contributed by atoms with Gasteiger partial charge in [-0.3, -0.25) is 9.78 Å². The van der Waals surface area contributed by atoms with Gasteiger partial charge in [-0.1, -0.05) is 24.3 Å². The number of rotatable bonds is 4. The third-order valence-corrected chi connectivity index (χ3v) is 2.47. The summed E-state index contributed by atoms with van der Waals surface area (Å²) >= 11 is 0. The zero-order valence-electron chi connectivity index (χ0n) is 10.6. The van der Waals surface area contributed by atoms with Crippen LogP contribution in [0.4, 0.5) is 0 Å². The first-order chi connectivity index (χ1) is 10.1. The van der Waals surface area contributed by atoms with Crippen LogP contribution in [0.15, 0.2) is 48.5 Å². The van der Waals surface area contributed by atoms with E-state index in [0.29, 0.717) is 0 Å². The molecule has 2 N–H and O–H groups in total. The fourth-order valence-electron chi connectivity index (χ4n) is 1.46. The molecule has 7 heteroatoms. The first kappa shape index (κ1) is 14.4. The number of phenols is 2. The Balaban J connectivity index is 1.90. The van der Waals surface area contributed by atoms with Crippen molar-refractivity contribution >= 4 is 11.9 Å². The third-order valence-electron chi connectivity index (χ3n) is 2.47. The normalized spacial score (nSPS) is 9.90. The highest BCUT2D eigenvalue weighted by Crippen LogP contribution is 2.18. The molecule has 0 aliphatic heterocycles. The van der Waals surface area contributed by atoms with Crippen LogP contribution in [0, 0.1) is 0 Å². The summed E-state index contributed by atoms with van der Waals surface area (Å²) in [5.74, 6) is -2.70. The molecule has 7 nitrogen and oxygen atoms in total. The molecule has 2 aromatic rings. The van der Waals surface area contributed by atoms with E-state index in [0.717, 1.165) is 0 Å². The number of hydrogen-bond acceptors (Lipinski definition) is 7. The third kappa shape index (κ3) is 3.48. The average Bonchev–Trinajstić information content (AvgIpc) is 2.48. The first-order valence-electron chi connectivity index (χ1n) is 5.75. The molecule has 0 aliphatic rings. The van der Waals surface area contributed by atoms with E-state index in [1.54, 1.807) is 0 Å². The summed E-state index contributed by atoms with van der Waals surface area (Å²) in [5.41, 5.74) is -0.313. The maximum Gasteiger partial charge on any atom is 0.381 e. The Morgan fingerprint density at radius 1 is 0.714 bits per heavy atom. The molecule has 0 aliphatic carbocycles. The molecule has 0 bridgehead atoms. The molecular formula is C14H10O7. The highest BCUT2D eigenvalue weighted by atomic mass is 17.5. The summed E-state index contributed by atoms with van der Waals surface area (Å²) in [5, 5.41) is 22.9. The second-order valence-corrected chi connectivity index (χ2v) is 3.84. The molecule has 0 atom stereocenters. The van der Waals surface area contributed by atoms with Gasteiger partial charge in [-0.2, -0.15) is 0 Å². The molecule has 21 heavy (non-hydrogen) atoms. The molecule has 0 radical (unpaired) electrons. The van der Waals surface area contributed by atoms with Gasteiger partial charge in [-0.05, 0) is 24.3 Å². The molecule has 0 saturated heterocycles. The van der Waals surface area contributed by atoms with Crippen LogP contribution in [0.3, 0.4) is 0 Å². The minimum Gasteiger partial charge on any atom is -0.507 e. The molecule has 0 fully saturated rings. The van der Waals surface area contributed by atoms with E-state index in [9.17, 15) is 19.8 Å². The largest absolute Gasteiger partial charge is 0.507 e. The first-order valence-corrected chi connectivity index (χ1v) is 5.75. The van der Waals surface area contributed by atoms with Crippen LogP contribution in [-0.2, 0) is 14.8 Å². The second-order valence-electron chi connectivity index (χ2n) is 3.84. The SMILES string of the molecule is O=C(OOOC(=O)c1ccccc1O)c1ccccc1O. The molecule has 0 aromatic heterocycles. The van der Waals surface area contributed by atoms with Crippen LogP contribution in [0.5, 0.6) is 11.5 Å². The monoisotopic (exact) mass is 290 g/mol. The van der Waals surface area contributed by atoms with E-state index in [2.05, 4.69) is 14.8 Å². The second kappa shape index (κ2) is 6.40. The number of phenolic OH excluding ortho intramolecular Hbond substituents is 2. The lowest BCUT2D eigenvalue weighted by Crippen LogP contribution is -2.11. The van der Waals surface area contributed by atoms with Gasteiger partial charge in [0.25, 0.3) is 0 Å². The smallest absolute Gasteiger partial charge is 0.381 e. The van der Waals surface area contributed by atoms with Crippen LogP contribution >= 0.6 is 0 Å². The summed E-state index contributed by atoms with van der Waals surface area (Å²) in [4.78, 5) is 31.4. The molecular weight excluding hydrogens is 280 g/mol. The Morgan fingerprint density at radius 2 is 1.10 bits per heavy atom. The Kier molecular flexibility index (Phi) is 4.37. The predicted octanol–water partition coefficient (Wildman–Crippen LogP) is 1.96. The molecule has 0 unspecified atom stereocenters. The lowest BCUT2D eigenvalue weighted by Gasteiger charge is -2.04. The van der Waals surface area contributed by atoms with E-state index in [1.807, 2.05) is 0 Å². The molecule has 0 heterocycles. The molecule has 0 saturated carbocycles. The Bertz CT molecular complexity index is 608. The summed E-state index contributed by atoms with van der Waals surface area (Å²) < 4.78 is 0. The minimum atomic E-state index is -1.04. The molecule has 2 rings (SSSR count). The van der Waals surface area contributed by atoms with E-state index in [-0.39, 0.29) is 22.6 Å². The van der Waals surface area contributed by atoms with Crippen molar-refractivity contribution in [3.8, 4) is 11.5 Å². The Labute approximate surface area is 118 Å². The topological polar surface area (TPSA) is 102 Å². The van der Waals surface area contributed by atoms with Crippen LogP contribution in [0.2, 0.25) is 0 Å². The van der Waals surface area contributed by atoms with Gasteiger partial charge in [-0.15, -0.1) is 0 Å². The Hall–Kier alpha value is -3.06. The van der Waals surface area contributed by atoms with Gasteiger partial charge >= 0.3 is 11.9 Å².